The Morgan fingerprint density at radius 3 is 2.32 bits per heavy atom. The smallest absolute Gasteiger partial charge is 0.249 e. The summed E-state index contributed by atoms with van der Waals surface area (Å²) < 4.78 is 33.8. The van der Waals surface area contributed by atoms with Gasteiger partial charge in [0.25, 0.3) is 0 Å². The van der Waals surface area contributed by atoms with Crippen molar-refractivity contribution in [2.75, 3.05) is 20.2 Å². The van der Waals surface area contributed by atoms with E-state index in [0.717, 1.165) is 9.87 Å². The Morgan fingerprint density at radius 1 is 1.06 bits per heavy atom. The Bertz CT molecular complexity index is 1220. The van der Waals surface area contributed by atoms with E-state index in [9.17, 15) is 18.0 Å². The number of nitrogens with zero attached hydrogens (tertiary/aromatic N) is 3. The Balaban J connectivity index is 1.75. The SMILES string of the molecule is COc1ccc(Cl)cc1S(=O)(=O)N1CC(=O)N2C(Cc3ccc(Cl)cc3)C(=O)N(C(C)C)CC21. The van der Waals surface area contributed by atoms with E-state index in [4.69, 9.17) is 27.9 Å². The fraction of sp³-hybridized carbons (Fsp3) is 0.391. The number of hydrogen-bond donors (Lipinski definition) is 0. The van der Waals surface area contributed by atoms with Crippen molar-refractivity contribution < 1.29 is 22.7 Å². The number of methoxy groups -OCH3 is 1. The monoisotopic (exact) mass is 525 g/mol. The molecule has 0 radical (unpaired) electrons. The topological polar surface area (TPSA) is 87.2 Å². The lowest BCUT2D eigenvalue weighted by molar-refractivity contribution is -0.154. The Labute approximate surface area is 209 Å². The van der Waals surface area contributed by atoms with Crippen LogP contribution in [-0.2, 0) is 26.0 Å². The van der Waals surface area contributed by atoms with Gasteiger partial charge in [-0.05, 0) is 49.7 Å². The molecule has 2 unspecified atom stereocenters. The summed E-state index contributed by atoms with van der Waals surface area (Å²) in [5.74, 6) is -0.514. The van der Waals surface area contributed by atoms with Gasteiger partial charge < -0.3 is 14.5 Å². The maximum absolute atomic E-state index is 13.7. The molecule has 2 heterocycles. The van der Waals surface area contributed by atoms with E-state index < -0.39 is 28.1 Å². The molecule has 2 aromatic rings. The van der Waals surface area contributed by atoms with Crippen LogP contribution < -0.4 is 4.74 Å². The van der Waals surface area contributed by atoms with Gasteiger partial charge in [-0.15, -0.1) is 0 Å². The van der Waals surface area contributed by atoms with Crippen LogP contribution in [0.3, 0.4) is 0 Å². The molecule has 0 bridgehead atoms. The van der Waals surface area contributed by atoms with Crippen molar-refractivity contribution >= 4 is 45.0 Å². The predicted molar refractivity (Wildman–Crippen MR) is 128 cm³/mol. The van der Waals surface area contributed by atoms with Crippen LogP contribution >= 0.6 is 23.2 Å². The summed E-state index contributed by atoms with van der Waals surface area (Å²) in [5, 5.41) is 0.787. The number of halogens is 2. The molecule has 2 aromatic carbocycles. The van der Waals surface area contributed by atoms with E-state index in [1.54, 1.807) is 29.2 Å². The molecule has 34 heavy (non-hydrogen) atoms. The molecule has 182 valence electrons. The minimum atomic E-state index is -4.17. The largest absolute Gasteiger partial charge is 0.495 e. The maximum Gasteiger partial charge on any atom is 0.249 e. The molecule has 8 nitrogen and oxygen atoms in total. The highest BCUT2D eigenvalue weighted by Crippen LogP contribution is 2.36. The summed E-state index contributed by atoms with van der Waals surface area (Å²) in [7, 11) is -2.80. The van der Waals surface area contributed by atoms with Gasteiger partial charge in [-0.2, -0.15) is 4.31 Å². The van der Waals surface area contributed by atoms with Crippen LogP contribution in [0.25, 0.3) is 0 Å². The van der Waals surface area contributed by atoms with Crippen LogP contribution in [-0.4, -0.2) is 72.8 Å². The van der Waals surface area contributed by atoms with Gasteiger partial charge in [-0.25, -0.2) is 8.42 Å². The number of carbonyl (C=O) groups is 2. The molecule has 2 fully saturated rings. The minimum absolute atomic E-state index is 0.0709. The first-order chi connectivity index (χ1) is 16.0. The van der Waals surface area contributed by atoms with Crippen LogP contribution in [0.2, 0.25) is 10.0 Å². The van der Waals surface area contributed by atoms with Gasteiger partial charge in [0.05, 0.1) is 20.2 Å². The molecule has 4 rings (SSSR count). The van der Waals surface area contributed by atoms with Gasteiger partial charge in [0.2, 0.25) is 21.8 Å². The maximum atomic E-state index is 13.7. The lowest BCUT2D eigenvalue weighted by Crippen LogP contribution is -2.65. The number of rotatable bonds is 6. The number of ether oxygens (including phenoxy) is 1. The summed E-state index contributed by atoms with van der Waals surface area (Å²) in [6.07, 6.45) is -0.603. The lowest BCUT2D eigenvalue weighted by Gasteiger charge is -2.45. The summed E-state index contributed by atoms with van der Waals surface area (Å²) in [6.45, 7) is 3.42. The van der Waals surface area contributed by atoms with Crippen LogP contribution in [0, 0.1) is 0 Å². The van der Waals surface area contributed by atoms with E-state index >= 15 is 0 Å². The van der Waals surface area contributed by atoms with E-state index in [2.05, 4.69) is 0 Å². The van der Waals surface area contributed by atoms with Crippen molar-refractivity contribution in [3.8, 4) is 5.75 Å². The fourth-order valence-electron chi connectivity index (χ4n) is 4.48. The average Bonchev–Trinajstić information content (AvgIpc) is 3.13. The summed E-state index contributed by atoms with van der Waals surface area (Å²) in [6, 6.07) is 10.3. The van der Waals surface area contributed by atoms with E-state index in [0.29, 0.717) is 5.02 Å². The number of sulfonamides is 1. The fourth-order valence-corrected chi connectivity index (χ4v) is 6.55. The van der Waals surface area contributed by atoms with Crippen LogP contribution in [0.4, 0.5) is 0 Å². The quantitative estimate of drug-likeness (QED) is 0.578. The van der Waals surface area contributed by atoms with Crippen molar-refractivity contribution in [3.05, 3.63) is 58.1 Å². The molecule has 0 spiro atoms. The van der Waals surface area contributed by atoms with Gasteiger partial charge in [0, 0.05) is 22.5 Å². The highest BCUT2D eigenvalue weighted by atomic mass is 35.5. The standard InChI is InChI=1S/C23H25Cl2N3O5S/c1-14(2)26-12-21-27(34(31,32)20-11-17(25)8-9-19(20)33-3)13-22(29)28(21)18(23(26)30)10-15-4-6-16(24)7-5-15/h4-9,11,14,18,21H,10,12-13H2,1-3H3. The average molecular weight is 526 g/mol. The van der Waals surface area contributed by atoms with Crippen molar-refractivity contribution in [1.82, 2.24) is 14.1 Å². The molecule has 11 heteroatoms. The molecule has 2 aliphatic heterocycles. The van der Waals surface area contributed by atoms with Gasteiger partial charge in [-0.1, -0.05) is 35.3 Å². The van der Waals surface area contributed by atoms with Crippen molar-refractivity contribution in [1.29, 1.82) is 0 Å². The number of hydrogen-bond acceptors (Lipinski definition) is 5. The Morgan fingerprint density at radius 2 is 1.71 bits per heavy atom. The van der Waals surface area contributed by atoms with E-state index in [1.165, 1.54) is 30.2 Å². The normalized spacial score (nSPS) is 21.4. The highest BCUT2D eigenvalue weighted by Gasteiger charge is 2.54. The highest BCUT2D eigenvalue weighted by molar-refractivity contribution is 7.89. The molecular weight excluding hydrogens is 501 g/mol. The Kier molecular flexibility index (Phi) is 6.83. The van der Waals surface area contributed by atoms with Crippen molar-refractivity contribution in [2.24, 2.45) is 0 Å². The third-order valence-electron chi connectivity index (χ3n) is 6.17. The summed E-state index contributed by atoms with van der Waals surface area (Å²) in [4.78, 5) is 29.5. The first kappa shape index (κ1) is 24.8. The van der Waals surface area contributed by atoms with Gasteiger partial charge in [-0.3, -0.25) is 9.59 Å². The van der Waals surface area contributed by atoms with Gasteiger partial charge in [0.15, 0.2) is 0 Å². The number of fused-ring (bicyclic) bond motifs is 1. The molecule has 0 saturated carbocycles. The minimum Gasteiger partial charge on any atom is -0.495 e. The number of carbonyl (C=O) groups excluding carboxylic acids is 2. The third-order valence-corrected chi connectivity index (χ3v) is 8.53. The first-order valence-corrected chi connectivity index (χ1v) is 13.0. The van der Waals surface area contributed by atoms with Gasteiger partial charge >= 0.3 is 0 Å². The first-order valence-electron chi connectivity index (χ1n) is 10.8. The second-order valence-electron chi connectivity index (χ2n) is 8.56. The van der Waals surface area contributed by atoms with E-state index in [1.807, 2.05) is 13.8 Å². The zero-order chi connectivity index (χ0) is 24.8. The van der Waals surface area contributed by atoms with Crippen LogP contribution in [0.15, 0.2) is 47.4 Å². The van der Waals surface area contributed by atoms with Crippen LogP contribution in [0.5, 0.6) is 5.75 Å². The summed E-state index contributed by atoms with van der Waals surface area (Å²) in [5.41, 5.74) is 0.817. The van der Waals surface area contributed by atoms with Crippen LogP contribution in [0.1, 0.15) is 19.4 Å². The second-order valence-corrected chi connectivity index (χ2v) is 11.3. The molecule has 2 amide bonds. The zero-order valence-corrected chi connectivity index (χ0v) is 21.3. The number of benzene rings is 2. The zero-order valence-electron chi connectivity index (χ0n) is 18.9. The summed E-state index contributed by atoms with van der Waals surface area (Å²) >= 11 is 12.1. The molecule has 2 atom stereocenters. The van der Waals surface area contributed by atoms with E-state index in [-0.39, 0.29) is 47.1 Å². The third kappa shape index (κ3) is 4.37. The molecule has 0 aliphatic carbocycles. The van der Waals surface area contributed by atoms with Crippen molar-refractivity contribution in [2.45, 2.75) is 43.4 Å². The Hall–Kier alpha value is -2.33. The van der Waals surface area contributed by atoms with Crippen molar-refractivity contribution in [3.63, 3.8) is 0 Å². The predicted octanol–water partition coefficient (Wildman–Crippen LogP) is 3.02. The second kappa shape index (κ2) is 9.37. The number of piperazine rings is 1. The molecule has 0 N–H and O–H groups in total. The number of amides is 2. The molecule has 2 aliphatic rings. The van der Waals surface area contributed by atoms with Gasteiger partial charge in [0.1, 0.15) is 22.9 Å². The molecule has 2 saturated heterocycles. The molecule has 0 aromatic heterocycles. The lowest BCUT2D eigenvalue weighted by atomic mass is 9.99. The molecular formula is C23H25Cl2N3O5S.